The van der Waals surface area contributed by atoms with Gasteiger partial charge in [0.25, 0.3) is 0 Å². The number of hydrogen-bond acceptors (Lipinski definition) is 3. The van der Waals surface area contributed by atoms with Gasteiger partial charge in [-0.1, -0.05) is 22.0 Å². The van der Waals surface area contributed by atoms with Gasteiger partial charge in [-0.25, -0.2) is 13.1 Å². The molecule has 1 atom stereocenters. The topological polar surface area (TPSA) is 63.2 Å². The van der Waals surface area contributed by atoms with Gasteiger partial charge >= 0.3 is 0 Å². The zero-order valence-corrected chi connectivity index (χ0v) is 11.9. The van der Waals surface area contributed by atoms with Crippen molar-refractivity contribution in [2.75, 3.05) is 18.6 Å². The van der Waals surface area contributed by atoms with Gasteiger partial charge in [0.05, 0.1) is 4.90 Å². The first-order valence-electron chi connectivity index (χ1n) is 4.47. The molecule has 0 radical (unpaired) electrons. The first kappa shape index (κ1) is 13.8. The molecule has 0 bridgehead atoms. The number of benzene rings is 1. The molecule has 0 aliphatic carbocycles. The quantitative estimate of drug-likeness (QED) is 0.881. The molecule has 0 saturated heterocycles. The fourth-order valence-corrected chi connectivity index (χ4v) is 3.18. The largest absolute Gasteiger partial charge is 0.260 e. The highest BCUT2D eigenvalue weighted by Gasteiger charge is 2.13. The monoisotopic (exact) mass is 325 g/mol. The molecular formula is C9H12BrNO3S2. The van der Waals surface area contributed by atoms with Gasteiger partial charge in [-0.2, -0.15) is 0 Å². The van der Waals surface area contributed by atoms with Crippen LogP contribution in [0.2, 0.25) is 0 Å². The van der Waals surface area contributed by atoms with Crippen molar-refractivity contribution in [3.63, 3.8) is 0 Å². The van der Waals surface area contributed by atoms with E-state index in [4.69, 9.17) is 0 Å². The Hall–Kier alpha value is -0.240. The standard InChI is InChI=1S/C9H12BrNO3S2/c1-15(12)6-5-11-16(13,14)9-4-2-3-8(10)7-9/h2-4,7,11H,5-6H2,1H3. The second-order valence-corrected chi connectivity index (χ2v) is 7.37. The van der Waals surface area contributed by atoms with Crippen LogP contribution >= 0.6 is 15.9 Å². The van der Waals surface area contributed by atoms with E-state index in [1.807, 2.05) is 0 Å². The summed E-state index contributed by atoms with van der Waals surface area (Å²) < 4.78 is 37.4. The molecule has 0 heterocycles. The minimum atomic E-state index is -3.49. The lowest BCUT2D eigenvalue weighted by atomic mass is 10.4. The summed E-state index contributed by atoms with van der Waals surface area (Å²) in [6.45, 7) is 0.179. The predicted molar refractivity (Wildman–Crippen MR) is 68.3 cm³/mol. The van der Waals surface area contributed by atoms with E-state index >= 15 is 0 Å². The minimum Gasteiger partial charge on any atom is -0.260 e. The maximum Gasteiger partial charge on any atom is 0.240 e. The summed E-state index contributed by atoms with van der Waals surface area (Å²) in [5, 5.41) is 0. The lowest BCUT2D eigenvalue weighted by Crippen LogP contribution is -2.27. The summed E-state index contributed by atoms with van der Waals surface area (Å²) in [5.74, 6) is 0.313. The van der Waals surface area contributed by atoms with Crippen LogP contribution in [0.25, 0.3) is 0 Å². The molecule has 0 aromatic heterocycles. The molecular weight excluding hydrogens is 314 g/mol. The van der Waals surface area contributed by atoms with Gasteiger partial charge in [-0.3, -0.25) is 4.21 Å². The van der Waals surface area contributed by atoms with Crippen molar-refractivity contribution in [3.8, 4) is 0 Å². The van der Waals surface area contributed by atoms with Crippen LogP contribution in [0, 0.1) is 0 Å². The van der Waals surface area contributed by atoms with Crippen molar-refractivity contribution in [2.45, 2.75) is 4.90 Å². The Kier molecular flexibility index (Phi) is 5.10. The van der Waals surface area contributed by atoms with Crippen LogP contribution in [-0.2, 0) is 20.8 Å². The normalized spacial score (nSPS) is 13.6. The SMILES string of the molecule is CS(=O)CCNS(=O)(=O)c1cccc(Br)c1. The molecule has 0 spiro atoms. The van der Waals surface area contributed by atoms with Gasteiger partial charge in [-0.15, -0.1) is 0 Å². The molecule has 7 heteroatoms. The Morgan fingerprint density at radius 2 is 2.12 bits per heavy atom. The Bertz CT molecular complexity index is 487. The van der Waals surface area contributed by atoms with Gasteiger partial charge < -0.3 is 0 Å². The van der Waals surface area contributed by atoms with E-state index in [-0.39, 0.29) is 11.4 Å². The summed E-state index contributed by atoms with van der Waals surface area (Å²) >= 11 is 3.21. The van der Waals surface area contributed by atoms with E-state index in [1.54, 1.807) is 12.1 Å². The minimum absolute atomic E-state index is 0.179. The third-order valence-corrected chi connectivity index (χ3v) is 4.52. The van der Waals surface area contributed by atoms with Crippen molar-refractivity contribution in [3.05, 3.63) is 28.7 Å². The zero-order valence-electron chi connectivity index (χ0n) is 8.64. The maximum atomic E-state index is 11.7. The third kappa shape index (κ3) is 4.32. The Labute approximate surface area is 106 Å². The molecule has 1 N–H and O–H groups in total. The van der Waals surface area contributed by atoms with Crippen molar-refractivity contribution in [1.82, 2.24) is 4.72 Å². The Morgan fingerprint density at radius 1 is 1.44 bits per heavy atom. The lowest BCUT2D eigenvalue weighted by molar-refractivity contribution is 0.584. The highest BCUT2D eigenvalue weighted by atomic mass is 79.9. The molecule has 0 aliphatic heterocycles. The average molecular weight is 326 g/mol. The fourth-order valence-electron chi connectivity index (χ4n) is 1.04. The molecule has 0 saturated carbocycles. The molecule has 1 rings (SSSR count). The Morgan fingerprint density at radius 3 is 2.69 bits per heavy atom. The van der Waals surface area contributed by atoms with Crippen molar-refractivity contribution < 1.29 is 12.6 Å². The van der Waals surface area contributed by atoms with Crippen LogP contribution in [0.4, 0.5) is 0 Å². The van der Waals surface area contributed by atoms with E-state index in [1.165, 1.54) is 18.4 Å². The van der Waals surface area contributed by atoms with Crippen molar-refractivity contribution >= 4 is 36.8 Å². The summed E-state index contributed by atoms with van der Waals surface area (Å²) in [7, 11) is -4.49. The number of halogens is 1. The molecule has 16 heavy (non-hydrogen) atoms. The fraction of sp³-hybridized carbons (Fsp3) is 0.333. The van der Waals surface area contributed by atoms with Gasteiger partial charge in [-0.05, 0) is 18.2 Å². The summed E-state index contributed by atoms with van der Waals surface area (Å²) in [6, 6.07) is 6.43. The van der Waals surface area contributed by atoms with Crippen molar-refractivity contribution in [1.29, 1.82) is 0 Å². The number of rotatable bonds is 5. The summed E-state index contributed by atoms with van der Waals surface area (Å²) in [4.78, 5) is 0.198. The number of hydrogen-bond donors (Lipinski definition) is 1. The third-order valence-electron chi connectivity index (χ3n) is 1.79. The van der Waals surface area contributed by atoms with Crippen molar-refractivity contribution in [2.24, 2.45) is 0 Å². The highest BCUT2D eigenvalue weighted by Crippen LogP contribution is 2.15. The molecule has 0 fully saturated rings. The molecule has 0 amide bonds. The smallest absolute Gasteiger partial charge is 0.240 e. The lowest BCUT2D eigenvalue weighted by Gasteiger charge is -2.05. The molecule has 0 aliphatic rings. The summed E-state index contributed by atoms with van der Waals surface area (Å²) in [6.07, 6.45) is 1.54. The van der Waals surface area contributed by atoms with Crippen LogP contribution in [0.15, 0.2) is 33.6 Å². The predicted octanol–water partition coefficient (Wildman–Crippen LogP) is 1.11. The van der Waals surface area contributed by atoms with E-state index in [2.05, 4.69) is 20.7 Å². The first-order valence-corrected chi connectivity index (χ1v) is 8.47. The highest BCUT2D eigenvalue weighted by molar-refractivity contribution is 9.10. The van der Waals surface area contributed by atoms with E-state index in [0.717, 1.165) is 0 Å². The van der Waals surface area contributed by atoms with Crippen LogP contribution in [0.1, 0.15) is 0 Å². The van der Waals surface area contributed by atoms with Crippen LogP contribution in [0.5, 0.6) is 0 Å². The number of nitrogens with one attached hydrogen (secondary N) is 1. The van der Waals surface area contributed by atoms with E-state index in [9.17, 15) is 12.6 Å². The molecule has 1 unspecified atom stereocenters. The zero-order chi connectivity index (χ0) is 12.2. The van der Waals surface area contributed by atoms with E-state index in [0.29, 0.717) is 10.2 Å². The van der Waals surface area contributed by atoms with Gasteiger partial charge in [0.1, 0.15) is 0 Å². The first-order chi connectivity index (χ1) is 7.42. The molecule has 4 nitrogen and oxygen atoms in total. The van der Waals surface area contributed by atoms with E-state index < -0.39 is 20.8 Å². The molecule has 1 aromatic carbocycles. The van der Waals surface area contributed by atoms with Crippen LogP contribution in [-0.4, -0.2) is 31.2 Å². The van der Waals surface area contributed by atoms with Gasteiger partial charge in [0, 0.05) is 33.8 Å². The van der Waals surface area contributed by atoms with Crippen LogP contribution in [0.3, 0.4) is 0 Å². The molecule has 1 aromatic rings. The second-order valence-electron chi connectivity index (χ2n) is 3.13. The summed E-state index contributed by atoms with van der Waals surface area (Å²) in [5.41, 5.74) is 0. The van der Waals surface area contributed by atoms with Gasteiger partial charge in [0.15, 0.2) is 0 Å². The second kappa shape index (κ2) is 5.90. The molecule has 90 valence electrons. The maximum absolute atomic E-state index is 11.7. The van der Waals surface area contributed by atoms with Crippen LogP contribution < -0.4 is 4.72 Å². The number of sulfonamides is 1. The average Bonchev–Trinajstić information content (AvgIpc) is 2.16. The van der Waals surface area contributed by atoms with Gasteiger partial charge in [0.2, 0.25) is 10.0 Å². The Balaban J connectivity index is 2.74.